The summed E-state index contributed by atoms with van der Waals surface area (Å²) in [6, 6.07) is 5.87. The van der Waals surface area contributed by atoms with Crippen LogP contribution in [-0.4, -0.2) is 19.1 Å². The summed E-state index contributed by atoms with van der Waals surface area (Å²) >= 11 is 6.12. The molecule has 19 heavy (non-hydrogen) atoms. The Kier molecular flexibility index (Phi) is 7.34. The van der Waals surface area contributed by atoms with Crippen LogP contribution in [0.2, 0.25) is 5.02 Å². The first-order valence-electron chi connectivity index (χ1n) is 6.79. The third-order valence-electron chi connectivity index (χ3n) is 2.89. The van der Waals surface area contributed by atoms with Crippen molar-refractivity contribution in [2.24, 2.45) is 0 Å². The molecule has 0 spiro atoms. The fraction of sp³-hybridized carbons (Fsp3) is 0.533. The highest BCUT2D eigenvalue weighted by molar-refractivity contribution is 6.33. The summed E-state index contributed by atoms with van der Waals surface area (Å²) in [5.74, 6) is -0.0996. The normalized spacial score (nSPS) is 10.3. The van der Waals surface area contributed by atoms with E-state index in [9.17, 15) is 4.79 Å². The summed E-state index contributed by atoms with van der Waals surface area (Å²) in [5, 5.41) is 4.10. The fourth-order valence-corrected chi connectivity index (χ4v) is 2.16. The van der Waals surface area contributed by atoms with Gasteiger partial charge in [0.05, 0.1) is 17.3 Å². The largest absolute Gasteiger partial charge is 0.466 e. The molecule has 0 atom stereocenters. The molecule has 4 heteroatoms. The Balaban J connectivity index is 2.16. The van der Waals surface area contributed by atoms with Gasteiger partial charge in [-0.25, -0.2) is 0 Å². The van der Waals surface area contributed by atoms with E-state index >= 15 is 0 Å². The van der Waals surface area contributed by atoms with Gasteiger partial charge >= 0.3 is 5.97 Å². The number of aryl methyl sites for hydroxylation is 1. The Morgan fingerprint density at radius 2 is 2.11 bits per heavy atom. The molecule has 1 N–H and O–H groups in total. The van der Waals surface area contributed by atoms with Gasteiger partial charge in [-0.05, 0) is 38.3 Å². The van der Waals surface area contributed by atoms with E-state index in [1.807, 2.05) is 32.0 Å². The molecule has 0 aliphatic rings. The van der Waals surface area contributed by atoms with Crippen LogP contribution in [0.25, 0.3) is 0 Å². The van der Waals surface area contributed by atoms with Crippen molar-refractivity contribution >= 4 is 23.3 Å². The average Bonchev–Trinajstić information content (AvgIpc) is 2.36. The van der Waals surface area contributed by atoms with E-state index in [1.165, 1.54) is 0 Å². The van der Waals surface area contributed by atoms with Gasteiger partial charge in [0.15, 0.2) is 0 Å². The summed E-state index contributed by atoms with van der Waals surface area (Å²) in [6.07, 6.45) is 3.42. The monoisotopic (exact) mass is 283 g/mol. The number of rotatable bonds is 8. The maximum absolute atomic E-state index is 11.1. The second-order valence-electron chi connectivity index (χ2n) is 4.47. The molecule has 0 unspecified atom stereocenters. The lowest BCUT2D eigenvalue weighted by Crippen LogP contribution is -2.05. The highest BCUT2D eigenvalue weighted by Crippen LogP contribution is 2.25. The van der Waals surface area contributed by atoms with E-state index in [4.69, 9.17) is 16.3 Å². The Bertz CT molecular complexity index is 387. The number of hydrogen-bond donors (Lipinski definition) is 1. The number of carbonyl (C=O) groups excluding carboxylic acids is 1. The first-order chi connectivity index (χ1) is 9.15. The number of unbranched alkanes of at least 4 members (excludes halogenated alkanes) is 2. The summed E-state index contributed by atoms with van der Waals surface area (Å²) in [5.41, 5.74) is 2.16. The molecule has 1 aromatic rings. The SMILES string of the molecule is CCOC(=O)CCCCCNc1c(C)cccc1Cl. The first kappa shape index (κ1) is 15.8. The molecule has 0 heterocycles. The molecule has 0 amide bonds. The lowest BCUT2D eigenvalue weighted by molar-refractivity contribution is -0.143. The molecule has 0 bridgehead atoms. The smallest absolute Gasteiger partial charge is 0.305 e. The standard InChI is InChI=1S/C15H22ClNO2/c1-3-19-14(18)10-5-4-6-11-17-15-12(2)8-7-9-13(15)16/h7-9,17H,3-6,10-11H2,1-2H3. The molecule has 106 valence electrons. The first-order valence-corrected chi connectivity index (χ1v) is 7.17. The summed E-state index contributed by atoms with van der Waals surface area (Å²) in [6.45, 7) is 5.20. The van der Waals surface area contributed by atoms with Gasteiger partial charge in [-0.1, -0.05) is 30.2 Å². The van der Waals surface area contributed by atoms with Crippen molar-refractivity contribution in [2.45, 2.75) is 39.5 Å². The summed E-state index contributed by atoms with van der Waals surface area (Å²) in [7, 11) is 0. The molecule has 0 saturated heterocycles. The number of hydrogen-bond acceptors (Lipinski definition) is 3. The highest BCUT2D eigenvalue weighted by atomic mass is 35.5. The number of ether oxygens (including phenoxy) is 1. The Hall–Kier alpha value is -1.22. The quantitative estimate of drug-likeness (QED) is 0.574. The van der Waals surface area contributed by atoms with Gasteiger partial charge in [0, 0.05) is 13.0 Å². The Morgan fingerprint density at radius 3 is 2.79 bits per heavy atom. The molecule has 3 nitrogen and oxygen atoms in total. The predicted octanol–water partition coefficient (Wildman–Crippen LogP) is 4.18. The topological polar surface area (TPSA) is 38.3 Å². The molecular formula is C15H22ClNO2. The van der Waals surface area contributed by atoms with Crippen molar-refractivity contribution in [1.82, 2.24) is 0 Å². The zero-order valence-corrected chi connectivity index (χ0v) is 12.4. The van der Waals surface area contributed by atoms with E-state index in [0.29, 0.717) is 13.0 Å². The molecule has 0 aliphatic heterocycles. The van der Waals surface area contributed by atoms with Gasteiger partial charge in [-0.2, -0.15) is 0 Å². The second-order valence-corrected chi connectivity index (χ2v) is 4.88. The van der Waals surface area contributed by atoms with Crippen LogP contribution in [0.5, 0.6) is 0 Å². The van der Waals surface area contributed by atoms with Crippen molar-refractivity contribution in [3.8, 4) is 0 Å². The molecule has 1 rings (SSSR count). The van der Waals surface area contributed by atoms with Crippen LogP contribution in [-0.2, 0) is 9.53 Å². The maximum atomic E-state index is 11.1. The van der Waals surface area contributed by atoms with Crippen LogP contribution < -0.4 is 5.32 Å². The van der Waals surface area contributed by atoms with Crippen LogP contribution in [0.15, 0.2) is 18.2 Å². The summed E-state index contributed by atoms with van der Waals surface area (Å²) < 4.78 is 4.88. The molecule has 0 saturated carbocycles. The van der Waals surface area contributed by atoms with Crippen molar-refractivity contribution in [2.75, 3.05) is 18.5 Å². The Morgan fingerprint density at radius 1 is 1.32 bits per heavy atom. The van der Waals surface area contributed by atoms with Crippen LogP contribution >= 0.6 is 11.6 Å². The van der Waals surface area contributed by atoms with Gasteiger partial charge in [-0.3, -0.25) is 4.79 Å². The molecular weight excluding hydrogens is 262 g/mol. The van der Waals surface area contributed by atoms with E-state index < -0.39 is 0 Å². The fourth-order valence-electron chi connectivity index (χ4n) is 1.87. The van der Waals surface area contributed by atoms with Gasteiger partial charge in [0.1, 0.15) is 0 Å². The number of anilines is 1. The highest BCUT2D eigenvalue weighted by Gasteiger charge is 2.03. The molecule has 0 fully saturated rings. The van der Waals surface area contributed by atoms with Crippen LogP contribution in [0.1, 0.15) is 38.2 Å². The number of esters is 1. The Labute approximate surface area is 120 Å². The van der Waals surface area contributed by atoms with Crippen molar-refractivity contribution in [3.05, 3.63) is 28.8 Å². The average molecular weight is 284 g/mol. The number of para-hydroxylation sites is 1. The minimum Gasteiger partial charge on any atom is -0.466 e. The predicted molar refractivity (Wildman–Crippen MR) is 79.8 cm³/mol. The van der Waals surface area contributed by atoms with Gasteiger partial charge < -0.3 is 10.1 Å². The molecule has 1 aromatic carbocycles. The third kappa shape index (κ3) is 5.97. The van der Waals surface area contributed by atoms with Gasteiger partial charge in [0.25, 0.3) is 0 Å². The lowest BCUT2D eigenvalue weighted by atomic mass is 10.1. The minimum atomic E-state index is -0.0996. The van der Waals surface area contributed by atoms with Crippen LogP contribution in [0.3, 0.4) is 0 Å². The summed E-state index contributed by atoms with van der Waals surface area (Å²) in [4.78, 5) is 11.1. The number of benzene rings is 1. The van der Waals surface area contributed by atoms with E-state index in [1.54, 1.807) is 0 Å². The zero-order valence-electron chi connectivity index (χ0n) is 11.7. The third-order valence-corrected chi connectivity index (χ3v) is 3.20. The second kappa shape index (κ2) is 8.81. The lowest BCUT2D eigenvalue weighted by Gasteiger charge is -2.11. The molecule has 0 aromatic heterocycles. The van der Waals surface area contributed by atoms with Crippen molar-refractivity contribution in [1.29, 1.82) is 0 Å². The maximum Gasteiger partial charge on any atom is 0.305 e. The van der Waals surface area contributed by atoms with Crippen LogP contribution in [0.4, 0.5) is 5.69 Å². The van der Waals surface area contributed by atoms with E-state index in [-0.39, 0.29) is 5.97 Å². The van der Waals surface area contributed by atoms with Crippen molar-refractivity contribution in [3.63, 3.8) is 0 Å². The van der Waals surface area contributed by atoms with E-state index in [2.05, 4.69) is 5.32 Å². The van der Waals surface area contributed by atoms with Crippen LogP contribution in [0, 0.1) is 6.92 Å². The van der Waals surface area contributed by atoms with E-state index in [0.717, 1.165) is 42.1 Å². The van der Waals surface area contributed by atoms with Gasteiger partial charge in [0.2, 0.25) is 0 Å². The number of carbonyl (C=O) groups is 1. The van der Waals surface area contributed by atoms with Gasteiger partial charge in [-0.15, -0.1) is 0 Å². The van der Waals surface area contributed by atoms with Crippen molar-refractivity contribution < 1.29 is 9.53 Å². The molecule has 0 radical (unpaired) electrons. The number of halogens is 1. The minimum absolute atomic E-state index is 0.0996. The molecule has 0 aliphatic carbocycles. The zero-order chi connectivity index (χ0) is 14.1. The number of nitrogens with one attached hydrogen (secondary N) is 1.